The van der Waals surface area contributed by atoms with Gasteiger partial charge in [-0.25, -0.2) is 4.98 Å². The van der Waals surface area contributed by atoms with Crippen molar-refractivity contribution in [3.63, 3.8) is 0 Å². The Labute approximate surface area is 90.6 Å². The van der Waals surface area contributed by atoms with E-state index in [1.54, 1.807) is 0 Å². The van der Waals surface area contributed by atoms with Crippen LogP contribution in [0.1, 0.15) is 24.6 Å². The quantitative estimate of drug-likeness (QED) is 0.580. The zero-order valence-electron chi connectivity index (χ0n) is 9.54. The van der Waals surface area contributed by atoms with Crippen molar-refractivity contribution in [2.75, 3.05) is 18.5 Å². The van der Waals surface area contributed by atoms with Crippen LogP contribution in [0.3, 0.4) is 0 Å². The van der Waals surface area contributed by atoms with Crippen LogP contribution in [-0.2, 0) is 0 Å². The number of hydrogen-bond acceptors (Lipinski definition) is 3. The molecule has 0 aromatic carbocycles. The number of nitrogen functional groups attached to an aromatic ring is 1. The fourth-order valence-electron chi connectivity index (χ4n) is 1.45. The molecule has 0 amide bonds. The molecule has 0 saturated carbocycles. The molecule has 4 nitrogen and oxygen atoms in total. The number of nitrogens with zero attached hydrogens (tertiary/aromatic N) is 2. The topological polar surface area (TPSA) is 66.0 Å². The lowest BCUT2D eigenvalue weighted by Crippen LogP contribution is -2.21. The maximum absolute atomic E-state index is 7.40. The lowest BCUT2D eigenvalue weighted by molar-refractivity contribution is 0.835. The van der Waals surface area contributed by atoms with Crippen LogP contribution in [0.2, 0.25) is 0 Å². The summed E-state index contributed by atoms with van der Waals surface area (Å²) < 4.78 is 0. The second-order valence-electron chi connectivity index (χ2n) is 3.69. The molecule has 0 aliphatic heterocycles. The van der Waals surface area contributed by atoms with Crippen LogP contribution in [0.5, 0.6) is 0 Å². The monoisotopic (exact) mass is 206 g/mol. The van der Waals surface area contributed by atoms with Crippen molar-refractivity contribution in [1.82, 2.24) is 4.98 Å². The molecule has 0 aliphatic rings. The van der Waals surface area contributed by atoms with Crippen LogP contribution in [0.15, 0.2) is 12.1 Å². The third-order valence-corrected chi connectivity index (χ3v) is 2.20. The van der Waals surface area contributed by atoms with Gasteiger partial charge in [-0.2, -0.15) is 0 Å². The van der Waals surface area contributed by atoms with E-state index in [0.29, 0.717) is 0 Å². The third-order valence-electron chi connectivity index (χ3n) is 2.20. The summed E-state index contributed by atoms with van der Waals surface area (Å²) in [4.78, 5) is 6.48. The molecule has 3 N–H and O–H groups in total. The molecule has 0 radical (unpaired) electrons. The smallest absolute Gasteiger partial charge is 0.129 e. The van der Waals surface area contributed by atoms with E-state index in [1.807, 2.05) is 26.1 Å². The maximum Gasteiger partial charge on any atom is 0.129 e. The minimum atomic E-state index is 0.0895. The molecule has 0 atom stereocenters. The standard InChI is InChI=1S/C11H18N4/c1-4-5-15(3)10-7-9(11(12)13)6-8(2)14-10/h6-7H,4-5H2,1-3H3,(H3,12,13). The van der Waals surface area contributed by atoms with Crippen LogP contribution < -0.4 is 10.6 Å². The van der Waals surface area contributed by atoms with Gasteiger partial charge in [0.15, 0.2) is 0 Å². The van der Waals surface area contributed by atoms with Crippen molar-refractivity contribution < 1.29 is 0 Å². The first-order valence-electron chi connectivity index (χ1n) is 5.08. The summed E-state index contributed by atoms with van der Waals surface area (Å²) in [6, 6.07) is 3.68. The summed E-state index contributed by atoms with van der Waals surface area (Å²) in [7, 11) is 2.00. The molecule has 1 heterocycles. The van der Waals surface area contributed by atoms with E-state index in [2.05, 4.69) is 16.8 Å². The van der Waals surface area contributed by atoms with Gasteiger partial charge < -0.3 is 10.6 Å². The Morgan fingerprint density at radius 3 is 2.73 bits per heavy atom. The molecule has 82 valence electrons. The van der Waals surface area contributed by atoms with E-state index in [1.165, 1.54) is 0 Å². The number of nitrogens with two attached hydrogens (primary N) is 1. The van der Waals surface area contributed by atoms with Crippen LogP contribution in [0, 0.1) is 12.3 Å². The number of aromatic nitrogens is 1. The minimum Gasteiger partial charge on any atom is -0.384 e. The first-order chi connectivity index (χ1) is 7.04. The van der Waals surface area contributed by atoms with Crippen molar-refractivity contribution in [3.05, 3.63) is 23.4 Å². The zero-order valence-corrected chi connectivity index (χ0v) is 9.54. The summed E-state index contributed by atoms with van der Waals surface area (Å²) in [5.41, 5.74) is 7.09. The average Bonchev–Trinajstić information content (AvgIpc) is 2.17. The Kier molecular flexibility index (Phi) is 3.66. The number of nitrogens with one attached hydrogen (secondary N) is 1. The van der Waals surface area contributed by atoms with E-state index < -0.39 is 0 Å². The van der Waals surface area contributed by atoms with E-state index in [9.17, 15) is 0 Å². The number of pyridine rings is 1. The summed E-state index contributed by atoms with van der Waals surface area (Å²) in [5.74, 6) is 0.966. The zero-order chi connectivity index (χ0) is 11.4. The number of rotatable bonds is 4. The van der Waals surface area contributed by atoms with Crippen molar-refractivity contribution in [2.45, 2.75) is 20.3 Å². The summed E-state index contributed by atoms with van der Waals surface area (Å²) in [5, 5.41) is 7.40. The van der Waals surface area contributed by atoms with Gasteiger partial charge in [0, 0.05) is 24.8 Å². The van der Waals surface area contributed by atoms with E-state index in [4.69, 9.17) is 11.1 Å². The highest BCUT2D eigenvalue weighted by Crippen LogP contribution is 2.13. The van der Waals surface area contributed by atoms with Crippen LogP contribution >= 0.6 is 0 Å². The second-order valence-corrected chi connectivity index (χ2v) is 3.69. The molecule has 0 bridgehead atoms. The van der Waals surface area contributed by atoms with Crippen molar-refractivity contribution in [1.29, 1.82) is 5.41 Å². The van der Waals surface area contributed by atoms with Gasteiger partial charge in [0.1, 0.15) is 11.7 Å². The summed E-state index contributed by atoms with van der Waals surface area (Å²) in [6.07, 6.45) is 1.07. The van der Waals surface area contributed by atoms with Gasteiger partial charge in [-0.3, -0.25) is 5.41 Å². The van der Waals surface area contributed by atoms with Gasteiger partial charge in [0.25, 0.3) is 0 Å². The fraction of sp³-hybridized carbons (Fsp3) is 0.455. The van der Waals surface area contributed by atoms with Crippen molar-refractivity contribution in [3.8, 4) is 0 Å². The normalized spacial score (nSPS) is 10.1. The van der Waals surface area contributed by atoms with Gasteiger partial charge in [-0.05, 0) is 25.5 Å². The first-order valence-corrected chi connectivity index (χ1v) is 5.08. The highest BCUT2D eigenvalue weighted by atomic mass is 15.2. The van der Waals surface area contributed by atoms with Crippen LogP contribution in [0.25, 0.3) is 0 Å². The lowest BCUT2D eigenvalue weighted by atomic mass is 10.2. The Hall–Kier alpha value is -1.58. The van der Waals surface area contributed by atoms with Gasteiger partial charge in [-0.1, -0.05) is 6.92 Å². The Morgan fingerprint density at radius 1 is 1.53 bits per heavy atom. The molecule has 1 aromatic heterocycles. The molecule has 0 fully saturated rings. The minimum absolute atomic E-state index is 0.0895. The number of amidine groups is 1. The molecular formula is C11H18N4. The fourth-order valence-corrected chi connectivity index (χ4v) is 1.45. The first kappa shape index (κ1) is 11.5. The molecule has 1 rings (SSSR count). The van der Waals surface area contributed by atoms with Gasteiger partial charge in [0.05, 0.1) is 0 Å². The maximum atomic E-state index is 7.40. The Balaban J connectivity index is 3.03. The highest BCUT2D eigenvalue weighted by Gasteiger charge is 2.05. The molecular weight excluding hydrogens is 188 g/mol. The lowest BCUT2D eigenvalue weighted by Gasteiger charge is -2.18. The predicted molar refractivity (Wildman–Crippen MR) is 63.6 cm³/mol. The molecule has 0 saturated heterocycles. The predicted octanol–water partition coefficient (Wildman–Crippen LogP) is 1.52. The summed E-state index contributed by atoms with van der Waals surface area (Å²) in [6.45, 7) is 4.99. The molecule has 15 heavy (non-hydrogen) atoms. The van der Waals surface area contributed by atoms with Crippen molar-refractivity contribution >= 4 is 11.7 Å². The molecule has 4 heteroatoms. The van der Waals surface area contributed by atoms with Crippen molar-refractivity contribution in [2.24, 2.45) is 5.73 Å². The van der Waals surface area contributed by atoms with Crippen LogP contribution in [-0.4, -0.2) is 24.4 Å². The highest BCUT2D eigenvalue weighted by molar-refractivity contribution is 5.95. The van der Waals surface area contributed by atoms with Gasteiger partial charge >= 0.3 is 0 Å². The average molecular weight is 206 g/mol. The summed E-state index contributed by atoms with van der Waals surface area (Å²) >= 11 is 0. The number of hydrogen-bond donors (Lipinski definition) is 2. The molecule has 1 aromatic rings. The van der Waals surface area contributed by atoms with E-state index >= 15 is 0 Å². The Bertz CT molecular complexity index is 360. The van der Waals surface area contributed by atoms with Crippen LogP contribution in [0.4, 0.5) is 5.82 Å². The molecule has 0 spiro atoms. The van der Waals surface area contributed by atoms with E-state index in [0.717, 1.165) is 30.0 Å². The third kappa shape index (κ3) is 2.94. The number of anilines is 1. The van der Waals surface area contributed by atoms with Gasteiger partial charge in [-0.15, -0.1) is 0 Å². The molecule has 0 aliphatic carbocycles. The SMILES string of the molecule is CCCN(C)c1cc(C(=N)N)cc(C)n1. The second kappa shape index (κ2) is 4.77. The largest absolute Gasteiger partial charge is 0.384 e. The molecule has 0 unspecified atom stereocenters. The van der Waals surface area contributed by atoms with E-state index in [-0.39, 0.29) is 5.84 Å². The van der Waals surface area contributed by atoms with Gasteiger partial charge in [0.2, 0.25) is 0 Å². The number of aryl methyl sites for hydroxylation is 1. The Morgan fingerprint density at radius 2 is 2.20 bits per heavy atom.